The molecule has 33 heavy (non-hydrogen) atoms. The van der Waals surface area contributed by atoms with Gasteiger partial charge in [0.2, 0.25) is 11.8 Å². The number of rotatable bonds is 10. The number of carbonyl (C=O) groups excluding carboxylic acids is 2. The number of nitrogens with one attached hydrogen (secondary N) is 1. The van der Waals surface area contributed by atoms with Crippen LogP contribution < -0.4 is 5.32 Å². The molecule has 0 heterocycles. The lowest BCUT2D eigenvalue weighted by molar-refractivity contribution is -0.139. The molecule has 0 aliphatic carbocycles. The van der Waals surface area contributed by atoms with Crippen LogP contribution in [0.5, 0.6) is 0 Å². The van der Waals surface area contributed by atoms with Crippen LogP contribution in [0.25, 0.3) is 0 Å². The van der Waals surface area contributed by atoms with Crippen LogP contribution >= 0.6 is 23.4 Å². The molecule has 2 amide bonds. The summed E-state index contributed by atoms with van der Waals surface area (Å²) in [5, 5.41) is 3.38. The second kappa shape index (κ2) is 12.5. The van der Waals surface area contributed by atoms with E-state index in [9.17, 15) is 9.59 Å². The Morgan fingerprint density at radius 2 is 1.61 bits per heavy atom. The largest absolute Gasteiger partial charge is 0.357 e. The lowest BCUT2D eigenvalue weighted by Gasteiger charge is -2.31. The lowest BCUT2D eigenvalue weighted by Crippen LogP contribution is -2.50. The molecule has 4 nitrogen and oxygen atoms in total. The Morgan fingerprint density at radius 1 is 0.939 bits per heavy atom. The Balaban J connectivity index is 1.80. The highest BCUT2D eigenvalue weighted by Gasteiger charge is 2.29. The normalized spacial score (nSPS) is 11.6. The lowest BCUT2D eigenvalue weighted by atomic mass is 10.0. The van der Waals surface area contributed by atoms with Crippen molar-refractivity contribution in [1.82, 2.24) is 10.2 Å². The SMILES string of the molecule is CNC(=O)[C@@H](Cc1ccccc1)N(Cc1ccc(Cl)cc1)C(=O)CSCc1ccccc1C. The maximum atomic E-state index is 13.4. The topological polar surface area (TPSA) is 49.4 Å². The number of hydrogen-bond acceptors (Lipinski definition) is 3. The van der Waals surface area contributed by atoms with Crippen LogP contribution in [-0.4, -0.2) is 35.6 Å². The molecule has 0 radical (unpaired) electrons. The third kappa shape index (κ3) is 7.37. The fourth-order valence-electron chi connectivity index (χ4n) is 3.61. The van der Waals surface area contributed by atoms with Gasteiger partial charge >= 0.3 is 0 Å². The van der Waals surface area contributed by atoms with Crippen molar-refractivity contribution >= 4 is 35.2 Å². The zero-order chi connectivity index (χ0) is 23.6. The first-order chi connectivity index (χ1) is 16.0. The van der Waals surface area contributed by atoms with Gasteiger partial charge in [0.05, 0.1) is 5.75 Å². The number of thioether (sulfide) groups is 1. The molecule has 1 atom stereocenters. The van der Waals surface area contributed by atoms with E-state index in [1.165, 1.54) is 11.1 Å². The Bertz CT molecular complexity index is 1060. The smallest absolute Gasteiger partial charge is 0.242 e. The van der Waals surface area contributed by atoms with Crippen molar-refractivity contribution in [2.75, 3.05) is 12.8 Å². The molecule has 172 valence electrons. The average molecular weight is 481 g/mol. The fourth-order valence-corrected chi connectivity index (χ4v) is 4.72. The predicted molar refractivity (Wildman–Crippen MR) is 137 cm³/mol. The van der Waals surface area contributed by atoms with Gasteiger partial charge in [-0.3, -0.25) is 9.59 Å². The molecule has 3 aromatic rings. The molecular formula is C27H29ClN2O2S. The minimum Gasteiger partial charge on any atom is -0.357 e. The fraction of sp³-hybridized carbons (Fsp3) is 0.259. The number of amides is 2. The van der Waals surface area contributed by atoms with Gasteiger partial charge in [0, 0.05) is 30.8 Å². The summed E-state index contributed by atoms with van der Waals surface area (Å²) >= 11 is 7.61. The Labute approximate surface area is 205 Å². The third-order valence-corrected chi connectivity index (χ3v) is 6.75. The maximum absolute atomic E-state index is 13.4. The average Bonchev–Trinajstić information content (AvgIpc) is 2.83. The maximum Gasteiger partial charge on any atom is 0.242 e. The number of carbonyl (C=O) groups is 2. The van der Waals surface area contributed by atoms with E-state index in [0.717, 1.165) is 16.9 Å². The van der Waals surface area contributed by atoms with Crippen LogP contribution in [0, 0.1) is 6.92 Å². The van der Waals surface area contributed by atoms with Crippen LogP contribution in [0.15, 0.2) is 78.9 Å². The molecule has 1 N–H and O–H groups in total. The van der Waals surface area contributed by atoms with Gasteiger partial charge < -0.3 is 10.2 Å². The minimum absolute atomic E-state index is 0.0620. The van der Waals surface area contributed by atoms with Gasteiger partial charge in [-0.1, -0.05) is 78.3 Å². The second-order valence-corrected chi connectivity index (χ2v) is 9.31. The number of aryl methyl sites for hydroxylation is 1. The van der Waals surface area contributed by atoms with Crippen LogP contribution in [0.3, 0.4) is 0 Å². The summed E-state index contributed by atoms with van der Waals surface area (Å²) in [6.45, 7) is 2.41. The van der Waals surface area contributed by atoms with Gasteiger partial charge in [-0.2, -0.15) is 0 Å². The molecule has 0 saturated heterocycles. The first-order valence-electron chi connectivity index (χ1n) is 10.9. The van der Waals surface area contributed by atoms with Crippen molar-refractivity contribution in [3.05, 3.63) is 106 Å². The summed E-state index contributed by atoms with van der Waals surface area (Å²) < 4.78 is 0. The van der Waals surface area contributed by atoms with Gasteiger partial charge in [0.1, 0.15) is 6.04 Å². The number of benzene rings is 3. The summed E-state index contributed by atoms with van der Waals surface area (Å²) in [5.74, 6) is 0.805. The second-order valence-electron chi connectivity index (χ2n) is 7.89. The molecule has 3 aromatic carbocycles. The van der Waals surface area contributed by atoms with Crippen molar-refractivity contribution in [3.63, 3.8) is 0 Å². The quantitative estimate of drug-likeness (QED) is 0.430. The number of likely N-dealkylation sites (N-methyl/N-ethyl adjacent to an activating group) is 1. The third-order valence-electron chi connectivity index (χ3n) is 5.53. The number of halogens is 1. The Morgan fingerprint density at radius 3 is 2.27 bits per heavy atom. The van der Waals surface area contributed by atoms with Crippen LogP contribution in [-0.2, 0) is 28.3 Å². The van der Waals surface area contributed by atoms with E-state index in [2.05, 4.69) is 24.4 Å². The standard InChI is InChI=1S/C27H29ClN2O2S/c1-20-8-6-7-11-23(20)18-33-19-26(31)30(17-22-12-14-24(28)15-13-22)25(27(32)29-2)16-21-9-4-3-5-10-21/h3-15,25H,16-19H2,1-2H3,(H,29,32)/t25-/m1/s1. The Kier molecular flexibility index (Phi) is 9.40. The summed E-state index contributed by atoms with van der Waals surface area (Å²) in [7, 11) is 1.61. The summed E-state index contributed by atoms with van der Waals surface area (Å²) in [6, 6.07) is 24.8. The molecular weight excluding hydrogens is 452 g/mol. The van der Waals surface area contributed by atoms with E-state index in [-0.39, 0.29) is 11.8 Å². The molecule has 0 spiro atoms. The molecule has 3 rings (SSSR count). The zero-order valence-electron chi connectivity index (χ0n) is 19.0. The first-order valence-corrected chi connectivity index (χ1v) is 12.4. The van der Waals surface area contributed by atoms with Crippen molar-refractivity contribution in [2.45, 2.75) is 31.7 Å². The minimum atomic E-state index is -0.611. The van der Waals surface area contributed by atoms with Gasteiger partial charge in [0.25, 0.3) is 0 Å². The van der Waals surface area contributed by atoms with Crippen LogP contribution in [0.4, 0.5) is 0 Å². The van der Waals surface area contributed by atoms with Gasteiger partial charge in [-0.05, 0) is 41.3 Å². The van der Waals surface area contributed by atoms with Gasteiger partial charge in [-0.15, -0.1) is 11.8 Å². The van der Waals surface area contributed by atoms with E-state index in [1.54, 1.807) is 35.8 Å². The van der Waals surface area contributed by atoms with Crippen molar-refractivity contribution in [3.8, 4) is 0 Å². The van der Waals surface area contributed by atoms with E-state index in [0.29, 0.717) is 23.7 Å². The molecule has 6 heteroatoms. The van der Waals surface area contributed by atoms with Crippen molar-refractivity contribution in [1.29, 1.82) is 0 Å². The number of hydrogen-bond donors (Lipinski definition) is 1. The Hall–Kier alpha value is -2.76. The van der Waals surface area contributed by atoms with Gasteiger partial charge in [-0.25, -0.2) is 0 Å². The van der Waals surface area contributed by atoms with Gasteiger partial charge in [0.15, 0.2) is 0 Å². The van der Waals surface area contributed by atoms with Crippen LogP contribution in [0.2, 0.25) is 5.02 Å². The van der Waals surface area contributed by atoms with E-state index >= 15 is 0 Å². The molecule has 0 aliphatic rings. The summed E-state index contributed by atoms with van der Waals surface area (Å²) in [5.41, 5.74) is 4.36. The highest BCUT2D eigenvalue weighted by atomic mass is 35.5. The van der Waals surface area contributed by atoms with Crippen LogP contribution in [0.1, 0.15) is 22.3 Å². The molecule has 0 fully saturated rings. The van der Waals surface area contributed by atoms with Crippen molar-refractivity contribution < 1.29 is 9.59 Å². The molecule has 0 aliphatic heterocycles. The zero-order valence-corrected chi connectivity index (χ0v) is 20.5. The molecule has 0 bridgehead atoms. The highest BCUT2D eigenvalue weighted by Crippen LogP contribution is 2.20. The number of nitrogens with zero attached hydrogens (tertiary/aromatic N) is 1. The predicted octanol–water partition coefficient (Wildman–Crippen LogP) is 5.27. The molecule has 0 saturated carbocycles. The highest BCUT2D eigenvalue weighted by molar-refractivity contribution is 7.99. The van der Waals surface area contributed by atoms with E-state index in [4.69, 9.17) is 11.6 Å². The van der Waals surface area contributed by atoms with E-state index < -0.39 is 6.04 Å². The molecule has 0 aromatic heterocycles. The summed E-state index contributed by atoms with van der Waals surface area (Å²) in [6.07, 6.45) is 0.447. The monoisotopic (exact) mass is 480 g/mol. The summed E-state index contributed by atoms with van der Waals surface area (Å²) in [4.78, 5) is 28.0. The molecule has 0 unspecified atom stereocenters. The van der Waals surface area contributed by atoms with E-state index in [1.807, 2.05) is 54.6 Å². The van der Waals surface area contributed by atoms with Crippen molar-refractivity contribution in [2.24, 2.45) is 0 Å². The first kappa shape index (κ1) is 24.9.